The largest absolute Gasteiger partial charge is 0.494 e. The van der Waals surface area contributed by atoms with Crippen LogP contribution in [0.2, 0.25) is 0 Å². The van der Waals surface area contributed by atoms with Crippen molar-refractivity contribution in [1.82, 2.24) is 0 Å². The summed E-state index contributed by atoms with van der Waals surface area (Å²) in [4.78, 5) is 0. The number of ether oxygens (including phenoxy) is 2. The van der Waals surface area contributed by atoms with Crippen molar-refractivity contribution < 1.29 is 9.47 Å². The van der Waals surface area contributed by atoms with Crippen LogP contribution >= 0.6 is 0 Å². The van der Waals surface area contributed by atoms with Crippen molar-refractivity contribution in [3.05, 3.63) is 97.1 Å². The van der Waals surface area contributed by atoms with Crippen molar-refractivity contribution in [3.8, 4) is 44.9 Å². The van der Waals surface area contributed by atoms with Gasteiger partial charge in [0.2, 0.25) is 0 Å². The fourth-order valence-electron chi connectivity index (χ4n) is 6.40. The van der Waals surface area contributed by atoms with Crippen LogP contribution in [0.4, 0.5) is 0 Å². The molecular formula is C46H62O2. The highest BCUT2D eigenvalue weighted by molar-refractivity contribution is 5.73. The van der Waals surface area contributed by atoms with E-state index in [0.29, 0.717) is 0 Å². The molecule has 0 saturated carbocycles. The van der Waals surface area contributed by atoms with Crippen LogP contribution in [0.1, 0.15) is 129 Å². The second-order valence-corrected chi connectivity index (χ2v) is 13.6. The molecule has 0 spiro atoms. The van der Waals surface area contributed by atoms with Gasteiger partial charge in [0, 0.05) is 0 Å². The van der Waals surface area contributed by atoms with Crippen molar-refractivity contribution in [2.75, 3.05) is 13.2 Å². The number of hydrogen-bond donors (Lipinski definition) is 0. The summed E-state index contributed by atoms with van der Waals surface area (Å²) in [5, 5.41) is 0. The number of rotatable bonds is 25. The van der Waals surface area contributed by atoms with E-state index in [-0.39, 0.29) is 0 Å². The van der Waals surface area contributed by atoms with E-state index in [1.807, 2.05) is 0 Å². The summed E-state index contributed by atoms with van der Waals surface area (Å²) in [6.07, 6.45) is 24.0. The molecular weight excluding hydrogens is 585 g/mol. The summed E-state index contributed by atoms with van der Waals surface area (Å²) in [5.74, 6) is 1.93. The Bertz CT molecular complexity index is 1240. The van der Waals surface area contributed by atoms with Crippen LogP contribution in [0.5, 0.6) is 11.5 Å². The third-order valence-electron chi connectivity index (χ3n) is 9.51. The number of unbranched alkanes of at least 4 members (excludes halogenated alkanes) is 16. The molecule has 0 aromatic heterocycles. The molecule has 0 saturated heterocycles. The van der Waals surface area contributed by atoms with Crippen LogP contribution in [0.15, 0.2) is 97.1 Å². The monoisotopic (exact) mass is 646 g/mol. The lowest BCUT2D eigenvalue weighted by atomic mass is 9.98. The van der Waals surface area contributed by atoms with Gasteiger partial charge >= 0.3 is 0 Å². The molecule has 0 aliphatic rings. The van der Waals surface area contributed by atoms with Crippen LogP contribution in [-0.4, -0.2) is 13.2 Å². The van der Waals surface area contributed by atoms with Crippen LogP contribution in [0.25, 0.3) is 33.4 Å². The van der Waals surface area contributed by atoms with Crippen LogP contribution < -0.4 is 9.47 Å². The molecule has 0 atom stereocenters. The molecule has 0 aliphatic carbocycles. The minimum Gasteiger partial charge on any atom is -0.494 e. The third kappa shape index (κ3) is 13.9. The van der Waals surface area contributed by atoms with E-state index < -0.39 is 0 Å². The molecule has 0 bridgehead atoms. The quantitative estimate of drug-likeness (QED) is 0.0667. The summed E-state index contributed by atoms with van der Waals surface area (Å²) < 4.78 is 12.0. The Hall–Kier alpha value is -3.52. The lowest BCUT2D eigenvalue weighted by molar-refractivity contribution is 0.304. The summed E-state index contributed by atoms with van der Waals surface area (Å²) >= 11 is 0. The first-order valence-corrected chi connectivity index (χ1v) is 19.4. The second-order valence-electron chi connectivity index (χ2n) is 13.6. The van der Waals surface area contributed by atoms with Gasteiger partial charge in [0.1, 0.15) is 11.5 Å². The van der Waals surface area contributed by atoms with Gasteiger partial charge in [0.15, 0.2) is 0 Å². The van der Waals surface area contributed by atoms with Crippen molar-refractivity contribution in [1.29, 1.82) is 0 Å². The Morgan fingerprint density at radius 3 is 0.729 bits per heavy atom. The Kier molecular flexibility index (Phi) is 17.8. The standard InChI is InChI=1S/C46H62O2/c1-3-5-7-9-11-13-15-17-19-37-47-45-33-29-43(30-34-45)41-25-21-39(22-26-41)40-23-27-42(28-24-40)44-31-35-46(36-32-44)48-38-20-18-16-14-12-10-8-6-4-2/h21-36H,3-20,37-38H2,1-2H3. The van der Waals surface area contributed by atoms with E-state index >= 15 is 0 Å². The molecule has 0 unspecified atom stereocenters. The Balaban J connectivity index is 1.14. The molecule has 258 valence electrons. The summed E-state index contributed by atoms with van der Waals surface area (Å²) in [6.45, 7) is 6.17. The zero-order valence-corrected chi connectivity index (χ0v) is 30.2. The van der Waals surface area contributed by atoms with Gasteiger partial charge in [-0.1, -0.05) is 189 Å². The molecule has 48 heavy (non-hydrogen) atoms. The van der Waals surface area contributed by atoms with Crippen molar-refractivity contribution >= 4 is 0 Å². The average molecular weight is 647 g/mol. The summed E-state index contributed by atoms with van der Waals surface area (Å²) in [7, 11) is 0. The van der Waals surface area contributed by atoms with E-state index in [4.69, 9.17) is 9.47 Å². The van der Waals surface area contributed by atoms with Gasteiger partial charge < -0.3 is 9.47 Å². The highest BCUT2D eigenvalue weighted by Crippen LogP contribution is 2.29. The number of hydrogen-bond acceptors (Lipinski definition) is 2. The first kappa shape index (κ1) is 37.3. The molecule has 2 nitrogen and oxygen atoms in total. The molecule has 4 aromatic rings. The minimum atomic E-state index is 0.807. The van der Waals surface area contributed by atoms with Crippen LogP contribution in [0.3, 0.4) is 0 Å². The highest BCUT2D eigenvalue weighted by Gasteiger charge is 2.04. The normalized spacial score (nSPS) is 11.1. The van der Waals surface area contributed by atoms with Crippen LogP contribution in [0, 0.1) is 0 Å². The van der Waals surface area contributed by atoms with Crippen molar-refractivity contribution in [2.24, 2.45) is 0 Å². The Morgan fingerprint density at radius 2 is 0.479 bits per heavy atom. The molecule has 0 N–H and O–H groups in total. The SMILES string of the molecule is CCCCCCCCCCCOc1ccc(-c2ccc(-c3ccc(-c4ccc(OCCCCCCCCCCC)cc4)cc3)cc2)cc1. The van der Waals surface area contributed by atoms with E-state index in [1.54, 1.807) is 0 Å². The van der Waals surface area contributed by atoms with Gasteiger partial charge in [-0.2, -0.15) is 0 Å². The molecule has 0 radical (unpaired) electrons. The second kappa shape index (κ2) is 22.9. The summed E-state index contributed by atoms with van der Waals surface area (Å²) in [6, 6.07) is 34.8. The fraction of sp³-hybridized carbons (Fsp3) is 0.478. The maximum Gasteiger partial charge on any atom is 0.119 e. The predicted molar refractivity (Wildman–Crippen MR) is 208 cm³/mol. The zero-order valence-electron chi connectivity index (χ0n) is 30.2. The highest BCUT2D eigenvalue weighted by atomic mass is 16.5. The third-order valence-corrected chi connectivity index (χ3v) is 9.51. The summed E-state index contributed by atoms with van der Waals surface area (Å²) in [5.41, 5.74) is 7.33. The molecule has 4 rings (SSSR count). The Labute approximate surface area is 293 Å². The molecule has 0 heterocycles. The lowest BCUT2D eigenvalue weighted by Crippen LogP contribution is -1.97. The smallest absolute Gasteiger partial charge is 0.119 e. The Morgan fingerprint density at radius 1 is 0.271 bits per heavy atom. The first-order chi connectivity index (χ1) is 23.8. The fourth-order valence-corrected chi connectivity index (χ4v) is 6.40. The molecule has 0 fully saturated rings. The van der Waals surface area contributed by atoms with Gasteiger partial charge in [-0.05, 0) is 70.5 Å². The van der Waals surface area contributed by atoms with E-state index in [2.05, 4.69) is 111 Å². The topological polar surface area (TPSA) is 18.5 Å². The average Bonchev–Trinajstić information content (AvgIpc) is 3.14. The van der Waals surface area contributed by atoms with Gasteiger partial charge in [0.25, 0.3) is 0 Å². The van der Waals surface area contributed by atoms with Gasteiger partial charge in [0.05, 0.1) is 13.2 Å². The zero-order chi connectivity index (χ0) is 33.5. The molecule has 0 aliphatic heterocycles. The van der Waals surface area contributed by atoms with E-state index in [0.717, 1.165) is 37.6 Å². The molecule has 4 aromatic carbocycles. The lowest BCUT2D eigenvalue weighted by Gasteiger charge is -2.09. The van der Waals surface area contributed by atoms with E-state index in [1.165, 1.54) is 136 Å². The number of benzene rings is 4. The first-order valence-electron chi connectivity index (χ1n) is 19.4. The van der Waals surface area contributed by atoms with Crippen molar-refractivity contribution in [2.45, 2.75) is 129 Å². The predicted octanol–water partition coefficient (Wildman–Crippen LogP) is 14.5. The molecule has 2 heteroatoms. The van der Waals surface area contributed by atoms with E-state index in [9.17, 15) is 0 Å². The van der Waals surface area contributed by atoms with Gasteiger partial charge in [-0.15, -0.1) is 0 Å². The van der Waals surface area contributed by atoms with Gasteiger partial charge in [-0.3, -0.25) is 0 Å². The molecule has 0 amide bonds. The maximum absolute atomic E-state index is 6.02. The van der Waals surface area contributed by atoms with Gasteiger partial charge in [-0.25, -0.2) is 0 Å². The minimum absolute atomic E-state index is 0.807. The van der Waals surface area contributed by atoms with Crippen LogP contribution in [-0.2, 0) is 0 Å². The maximum atomic E-state index is 6.02. The van der Waals surface area contributed by atoms with Crippen molar-refractivity contribution in [3.63, 3.8) is 0 Å².